The first kappa shape index (κ1) is 20.7. The molecule has 0 unspecified atom stereocenters. The molecule has 0 spiro atoms. The van der Waals surface area contributed by atoms with Gasteiger partial charge in [0.25, 0.3) is 0 Å². The predicted octanol–water partition coefficient (Wildman–Crippen LogP) is 0.799. The maximum atomic E-state index is 13.0. The molecule has 3 N–H and O–H groups in total. The molecule has 146 valence electrons. The smallest absolute Gasteiger partial charge is 0.239 e. The Balaban J connectivity index is 1.93. The zero-order valence-electron chi connectivity index (χ0n) is 15.3. The van der Waals surface area contributed by atoms with E-state index in [1.807, 2.05) is 13.8 Å². The molecule has 0 radical (unpaired) electrons. The fourth-order valence-electron chi connectivity index (χ4n) is 2.33. The number of nitrogens with one attached hydrogen (secondary N) is 1. The Morgan fingerprint density at radius 3 is 2.59 bits per heavy atom. The van der Waals surface area contributed by atoms with Crippen LogP contribution in [0.25, 0.3) is 0 Å². The highest BCUT2D eigenvalue weighted by Crippen LogP contribution is 2.17. The quantitative estimate of drug-likeness (QED) is 0.481. The van der Waals surface area contributed by atoms with Crippen molar-refractivity contribution in [3.8, 4) is 0 Å². The number of carbonyl (C=O) groups is 2. The van der Waals surface area contributed by atoms with E-state index in [0.717, 1.165) is 17.3 Å². The number of thioether (sulfide) groups is 1. The normalized spacial score (nSPS) is 10.6. The number of benzene rings is 1. The van der Waals surface area contributed by atoms with E-state index in [1.54, 1.807) is 12.1 Å². The summed E-state index contributed by atoms with van der Waals surface area (Å²) in [4.78, 5) is 25.4. The largest absolute Gasteiger partial charge is 0.355 e. The minimum atomic E-state index is -0.309. The summed E-state index contributed by atoms with van der Waals surface area (Å²) in [5, 5.41) is 11.1. The molecule has 1 aromatic heterocycles. The van der Waals surface area contributed by atoms with Crippen LogP contribution in [0.4, 0.5) is 4.39 Å². The molecular formula is C17H23FN6O2S. The summed E-state index contributed by atoms with van der Waals surface area (Å²) in [5.41, 5.74) is 0.849. The molecule has 0 aliphatic carbocycles. The van der Waals surface area contributed by atoms with Crippen LogP contribution in [0.5, 0.6) is 0 Å². The van der Waals surface area contributed by atoms with Gasteiger partial charge in [0, 0.05) is 19.5 Å². The summed E-state index contributed by atoms with van der Waals surface area (Å²) in [6.07, 6.45) is 0.399. The number of carbonyl (C=O) groups excluding carboxylic acids is 2. The molecule has 0 aliphatic heterocycles. The Morgan fingerprint density at radius 2 is 1.96 bits per heavy atom. The Hall–Kier alpha value is -2.62. The Kier molecular flexibility index (Phi) is 7.59. The minimum Gasteiger partial charge on any atom is -0.355 e. The van der Waals surface area contributed by atoms with Crippen LogP contribution in [0.3, 0.4) is 0 Å². The van der Waals surface area contributed by atoms with Crippen molar-refractivity contribution >= 4 is 23.6 Å². The number of hydrogen-bond donors (Lipinski definition) is 2. The van der Waals surface area contributed by atoms with E-state index in [9.17, 15) is 14.0 Å². The number of rotatable bonds is 9. The number of aromatic nitrogens is 3. The number of nitrogens with zero attached hydrogens (tertiary/aromatic N) is 4. The zero-order valence-corrected chi connectivity index (χ0v) is 16.1. The average molecular weight is 394 g/mol. The van der Waals surface area contributed by atoms with Crippen molar-refractivity contribution in [2.75, 3.05) is 31.2 Å². The van der Waals surface area contributed by atoms with Crippen molar-refractivity contribution in [2.45, 2.75) is 25.4 Å². The van der Waals surface area contributed by atoms with E-state index < -0.39 is 0 Å². The van der Waals surface area contributed by atoms with Gasteiger partial charge in [0.1, 0.15) is 5.82 Å². The average Bonchev–Trinajstić information content (AvgIpc) is 2.99. The molecule has 0 saturated carbocycles. The van der Waals surface area contributed by atoms with Crippen molar-refractivity contribution in [3.05, 3.63) is 41.5 Å². The molecule has 0 bridgehead atoms. The first-order valence-electron chi connectivity index (χ1n) is 8.55. The molecular weight excluding hydrogens is 371 g/mol. The first-order chi connectivity index (χ1) is 12.9. The number of amides is 2. The fourth-order valence-corrected chi connectivity index (χ4v) is 3.11. The van der Waals surface area contributed by atoms with Crippen LogP contribution in [0.2, 0.25) is 0 Å². The number of likely N-dealkylation sites (N-methyl/N-ethyl adjacent to an activating group) is 2. The Labute approximate surface area is 161 Å². The van der Waals surface area contributed by atoms with E-state index in [2.05, 4.69) is 15.5 Å². The lowest BCUT2D eigenvalue weighted by Crippen LogP contribution is -2.41. The molecule has 10 heteroatoms. The van der Waals surface area contributed by atoms with Crippen LogP contribution in [0, 0.1) is 5.82 Å². The highest BCUT2D eigenvalue weighted by atomic mass is 32.2. The third-order valence-electron chi connectivity index (χ3n) is 3.78. The molecule has 0 aliphatic rings. The third-order valence-corrected chi connectivity index (χ3v) is 4.71. The summed E-state index contributed by atoms with van der Waals surface area (Å²) >= 11 is 1.15. The van der Waals surface area contributed by atoms with Gasteiger partial charge in [-0.05, 0) is 31.5 Å². The standard InChI is InChI=1S/C17H23FN6O2S/c1-3-20-15(25)10-23(4-2)16(26)11-27-17-22-21-14(24(17)19)9-12-5-7-13(18)8-6-12/h5-8H,3-4,9-11,19H2,1-2H3,(H,20,25). The molecule has 1 heterocycles. The van der Waals surface area contributed by atoms with Gasteiger partial charge in [-0.2, -0.15) is 0 Å². The van der Waals surface area contributed by atoms with Crippen LogP contribution < -0.4 is 11.2 Å². The van der Waals surface area contributed by atoms with Gasteiger partial charge in [0.05, 0.1) is 12.3 Å². The van der Waals surface area contributed by atoms with Crippen molar-refractivity contribution in [2.24, 2.45) is 0 Å². The molecule has 27 heavy (non-hydrogen) atoms. The van der Waals surface area contributed by atoms with Crippen molar-refractivity contribution in [1.82, 2.24) is 25.1 Å². The highest BCUT2D eigenvalue weighted by molar-refractivity contribution is 7.99. The minimum absolute atomic E-state index is 0.0227. The van der Waals surface area contributed by atoms with E-state index >= 15 is 0 Å². The predicted molar refractivity (Wildman–Crippen MR) is 101 cm³/mol. The van der Waals surface area contributed by atoms with Crippen molar-refractivity contribution in [1.29, 1.82) is 0 Å². The number of nitrogens with two attached hydrogens (primary N) is 1. The van der Waals surface area contributed by atoms with Gasteiger partial charge in [0.15, 0.2) is 5.82 Å². The second kappa shape index (κ2) is 9.91. The molecule has 8 nitrogen and oxygen atoms in total. The summed E-state index contributed by atoms with van der Waals surface area (Å²) in [6, 6.07) is 6.05. The van der Waals surface area contributed by atoms with Crippen LogP contribution in [-0.2, 0) is 16.0 Å². The number of hydrogen-bond acceptors (Lipinski definition) is 6. The molecule has 0 atom stereocenters. The van der Waals surface area contributed by atoms with Gasteiger partial charge in [-0.1, -0.05) is 23.9 Å². The third kappa shape index (κ3) is 5.95. The van der Waals surface area contributed by atoms with E-state index in [0.29, 0.717) is 30.5 Å². The fraction of sp³-hybridized carbons (Fsp3) is 0.412. The number of halogens is 1. The first-order valence-corrected chi connectivity index (χ1v) is 9.54. The molecule has 2 aromatic rings. The van der Waals surface area contributed by atoms with Crippen LogP contribution in [-0.4, -0.2) is 57.0 Å². The Bertz CT molecular complexity index is 780. The summed E-state index contributed by atoms with van der Waals surface area (Å²) < 4.78 is 14.3. The van der Waals surface area contributed by atoms with Gasteiger partial charge in [-0.25, -0.2) is 9.07 Å². The van der Waals surface area contributed by atoms with Gasteiger partial charge in [-0.3, -0.25) is 9.59 Å². The maximum Gasteiger partial charge on any atom is 0.239 e. The lowest BCUT2D eigenvalue weighted by Gasteiger charge is -2.19. The lowest BCUT2D eigenvalue weighted by molar-refractivity contribution is -0.133. The molecule has 0 saturated heterocycles. The monoisotopic (exact) mass is 394 g/mol. The highest BCUT2D eigenvalue weighted by Gasteiger charge is 2.18. The van der Waals surface area contributed by atoms with E-state index in [1.165, 1.54) is 21.7 Å². The zero-order chi connectivity index (χ0) is 19.8. The van der Waals surface area contributed by atoms with Crippen LogP contribution >= 0.6 is 11.8 Å². The van der Waals surface area contributed by atoms with Crippen molar-refractivity contribution < 1.29 is 14.0 Å². The summed E-state index contributed by atoms with van der Waals surface area (Å²) in [7, 11) is 0. The van der Waals surface area contributed by atoms with Crippen molar-refractivity contribution in [3.63, 3.8) is 0 Å². The maximum absolute atomic E-state index is 13.0. The van der Waals surface area contributed by atoms with Crippen LogP contribution in [0.1, 0.15) is 25.2 Å². The number of nitrogen functional groups attached to an aromatic ring is 1. The second-order valence-corrected chi connectivity index (χ2v) is 6.66. The van der Waals surface area contributed by atoms with Gasteiger partial charge < -0.3 is 16.1 Å². The van der Waals surface area contributed by atoms with Crippen LogP contribution in [0.15, 0.2) is 29.4 Å². The topological polar surface area (TPSA) is 106 Å². The van der Waals surface area contributed by atoms with Gasteiger partial charge in [-0.15, -0.1) is 10.2 Å². The SMILES string of the molecule is CCNC(=O)CN(CC)C(=O)CSc1nnc(Cc2ccc(F)cc2)n1N. The molecule has 2 rings (SSSR count). The Morgan fingerprint density at radius 1 is 1.26 bits per heavy atom. The van der Waals surface area contributed by atoms with Gasteiger partial charge >= 0.3 is 0 Å². The molecule has 2 amide bonds. The van der Waals surface area contributed by atoms with Gasteiger partial charge in [0.2, 0.25) is 17.0 Å². The lowest BCUT2D eigenvalue weighted by atomic mass is 10.1. The second-order valence-electron chi connectivity index (χ2n) is 5.72. The summed E-state index contributed by atoms with van der Waals surface area (Å²) in [6.45, 7) is 4.61. The molecule has 0 fully saturated rings. The van der Waals surface area contributed by atoms with E-state index in [4.69, 9.17) is 5.84 Å². The van der Waals surface area contributed by atoms with E-state index in [-0.39, 0.29) is 29.9 Å². The summed E-state index contributed by atoms with van der Waals surface area (Å²) in [5.74, 6) is 5.92. The molecule has 1 aromatic carbocycles.